The van der Waals surface area contributed by atoms with Crippen LogP contribution in [0.1, 0.15) is 36.6 Å². The Morgan fingerprint density at radius 2 is 2.10 bits per heavy atom. The molecule has 0 radical (unpaired) electrons. The topological polar surface area (TPSA) is 42.1 Å². The van der Waals surface area contributed by atoms with E-state index in [1.54, 1.807) is 24.4 Å². The molecule has 104 valence electrons. The Labute approximate surface area is 116 Å². The average Bonchev–Trinajstić information content (AvgIpc) is 2.38. The highest BCUT2D eigenvalue weighted by molar-refractivity contribution is 5.38. The van der Waals surface area contributed by atoms with Crippen molar-refractivity contribution in [1.82, 2.24) is 4.98 Å². The van der Waals surface area contributed by atoms with E-state index in [0.29, 0.717) is 12.0 Å². The van der Waals surface area contributed by atoms with Crippen LogP contribution in [0.5, 0.6) is 0 Å². The van der Waals surface area contributed by atoms with Gasteiger partial charge in [-0.1, -0.05) is 6.07 Å². The van der Waals surface area contributed by atoms with Crippen molar-refractivity contribution in [1.29, 1.82) is 0 Å². The molecular weight excluding hydrogens is 257 g/mol. The molecular formula is C16H16FNO2. The molecule has 1 N–H and O–H groups in total. The minimum atomic E-state index is -0.533. The van der Waals surface area contributed by atoms with Crippen molar-refractivity contribution in [2.45, 2.75) is 32.0 Å². The molecule has 0 aliphatic carbocycles. The van der Waals surface area contributed by atoms with E-state index in [0.717, 1.165) is 11.1 Å². The SMILES string of the molecule is CC1(C)Cc2ccc(F)cc2C(c2ccc[nH]c2=O)O1. The van der Waals surface area contributed by atoms with E-state index in [1.165, 1.54) is 12.1 Å². The van der Waals surface area contributed by atoms with E-state index in [2.05, 4.69) is 4.98 Å². The van der Waals surface area contributed by atoms with E-state index < -0.39 is 11.7 Å². The fourth-order valence-electron chi connectivity index (χ4n) is 2.73. The molecule has 3 nitrogen and oxygen atoms in total. The number of H-pyrrole nitrogens is 1. The highest BCUT2D eigenvalue weighted by Gasteiger charge is 2.34. The van der Waals surface area contributed by atoms with E-state index in [-0.39, 0.29) is 11.4 Å². The highest BCUT2D eigenvalue weighted by Crippen LogP contribution is 2.38. The molecule has 2 aromatic rings. The van der Waals surface area contributed by atoms with Crippen LogP contribution < -0.4 is 5.56 Å². The first-order valence-corrected chi connectivity index (χ1v) is 6.60. The maximum Gasteiger partial charge on any atom is 0.254 e. The summed E-state index contributed by atoms with van der Waals surface area (Å²) in [7, 11) is 0. The minimum Gasteiger partial charge on any atom is -0.362 e. The third-order valence-corrected chi connectivity index (χ3v) is 3.57. The molecule has 20 heavy (non-hydrogen) atoms. The molecule has 1 unspecified atom stereocenters. The molecule has 2 heterocycles. The van der Waals surface area contributed by atoms with Crippen molar-refractivity contribution in [3.63, 3.8) is 0 Å². The van der Waals surface area contributed by atoms with Crippen molar-refractivity contribution in [2.24, 2.45) is 0 Å². The molecule has 4 heteroatoms. The predicted octanol–water partition coefficient (Wildman–Crippen LogP) is 2.95. The second-order valence-corrected chi connectivity index (χ2v) is 5.73. The number of fused-ring (bicyclic) bond motifs is 1. The molecule has 0 saturated carbocycles. The van der Waals surface area contributed by atoms with Crippen LogP contribution in [0.3, 0.4) is 0 Å². The first-order valence-electron chi connectivity index (χ1n) is 6.60. The molecule has 1 aliphatic rings. The third-order valence-electron chi connectivity index (χ3n) is 3.57. The summed E-state index contributed by atoms with van der Waals surface area (Å²) in [5.41, 5.74) is 1.67. The van der Waals surface area contributed by atoms with Gasteiger partial charge in [0.1, 0.15) is 11.9 Å². The van der Waals surface area contributed by atoms with E-state index in [1.807, 2.05) is 13.8 Å². The van der Waals surface area contributed by atoms with Crippen LogP contribution in [0.4, 0.5) is 4.39 Å². The number of aromatic nitrogens is 1. The summed E-state index contributed by atoms with van der Waals surface area (Å²) in [5, 5.41) is 0. The lowest BCUT2D eigenvalue weighted by Gasteiger charge is -2.37. The van der Waals surface area contributed by atoms with Gasteiger partial charge in [0.15, 0.2) is 0 Å². The quantitative estimate of drug-likeness (QED) is 0.868. The van der Waals surface area contributed by atoms with Gasteiger partial charge in [-0.25, -0.2) is 4.39 Å². The molecule has 1 aromatic heterocycles. The number of pyridine rings is 1. The highest BCUT2D eigenvalue weighted by atomic mass is 19.1. The molecule has 1 aliphatic heterocycles. The summed E-state index contributed by atoms with van der Waals surface area (Å²) in [6.45, 7) is 3.95. The van der Waals surface area contributed by atoms with Crippen molar-refractivity contribution < 1.29 is 9.13 Å². The largest absolute Gasteiger partial charge is 0.362 e. The molecule has 1 aromatic carbocycles. The Morgan fingerprint density at radius 3 is 2.85 bits per heavy atom. The number of rotatable bonds is 1. The molecule has 3 rings (SSSR count). The van der Waals surface area contributed by atoms with Crippen LogP contribution in [0.25, 0.3) is 0 Å². The normalized spacial score (nSPS) is 20.4. The van der Waals surface area contributed by atoms with Crippen LogP contribution in [0, 0.1) is 5.82 Å². The van der Waals surface area contributed by atoms with Gasteiger partial charge in [0.05, 0.1) is 11.2 Å². The lowest BCUT2D eigenvalue weighted by Crippen LogP contribution is -2.36. The van der Waals surface area contributed by atoms with Gasteiger partial charge in [0.2, 0.25) is 0 Å². The van der Waals surface area contributed by atoms with Gasteiger partial charge < -0.3 is 9.72 Å². The second kappa shape index (κ2) is 4.56. The Kier molecular flexibility index (Phi) is 2.98. The van der Waals surface area contributed by atoms with E-state index in [4.69, 9.17) is 4.74 Å². The van der Waals surface area contributed by atoms with Crippen molar-refractivity contribution in [3.05, 3.63) is 69.4 Å². The second-order valence-electron chi connectivity index (χ2n) is 5.73. The third kappa shape index (κ3) is 2.27. The van der Waals surface area contributed by atoms with Gasteiger partial charge in [-0.2, -0.15) is 0 Å². The monoisotopic (exact) mass is 273 g/mol. The molecule has 0 saturated heterocycles. The summed E-state index contributed by atoms with van der Waals surface area (Å²) < 4.78 is 19.6. The molecule has 0 amide bonds. The van der Waals surface area contributed by atoms with Crippen LogP contribution in [-0.2, 0) is 11.2 Å². The van der Waals surface area contributed by atoms with Crippen molar-refractivity contribution in [2.75, 3.05) is 0 Å². The number of benzene rings is 1. The van der Waals surface area contributed by atoms with E-state index >= 15 is 0 Å². The average molecular weight is 273 g/mol. The summed E-state index contributed by atoms with van der Waals surface area (Å²) >= 11 is 0. The molecule has 0 fully saturated rings. The van der Waals surface area contributed by atoms with Gasteiger partial charge in [0, 0.05) is 12.6 Å². The minimum absolute atomic E-state index is 0.203. The Bertz CT molecular complexity index is 706. The maximum absolute atomic E-state index is 13.5. The number of aromatic amines is 1. The zero-order valence-electron chi connectivity index (χ0n) is 11.4. The summed E-state index contributed by atoms with van der Waals surface area (Å²) in [5.74, 6) is -0.315. The van der Waals surface area contributed by atoms with Gasteiger partial charge in [-0.05, 0) is 49.2 Å². The van der Waals surface area contributed by atoms with Crippen LogP contribution in [0.2, 0.25) is 0 Å². The fraction of sp³-hybridized carbons (Fsp3) is 0.312. The first kappa shape index (κ1) is 13.1. The number of hydrogen-bond acceptors (Lipinski definition) is 2. The van der Waals surface area contributed by atoms with Crippen molar-refractivity contribution >= 4 is 0 Å². The molecule has 0 bridgehead atoms. The Hall–Kier alpha value is -1.94. The summed E-state index contributed by atoms with van der Waals surface area (Å²) in [4.78, 5) is 14.6. The first-order chi connectivity index (χ1) is 9.46. The van der Waals surface area contributed by atoms with Crippen LogP contribution >= 0.6 is 0 Å². The lowest BCUT2D eigenvalue weighted by atomic mass is 9.86. The summed E-state index contributed by atoms with van der Waals surface area (Å²) in [6.07, 6.45) is 1.74. The van der Waals surface area contributed by atoms with Gasteiger partial charge in [-0.3, -0.25) is 4.79 Å². The lowest BCUT2D eigenvalue weighted by molar-refractivity contribution is -0.0675. The Balaban J connectivity index is 2.19. The van der Waals surface area contributed by atoms with Gasteiger partial charge in [-0.15, -0.1) is 0 Å². The number of nitrogens with one attached hydrogen (secondary N) is 1. The fourth-order valence-corrected chi connectivity index (χ4v) is 2.73. The number of halogens is 1. The maximum atomic E-state index is 13.5. The smallest absolute Gasteiger partial charge is 0.254 e. The van der Waals surface area contributed by atoms with Crippen LogP contribution in [0.15, 0.2) is 41.3 Å². The zero-order chi connectivity index (χ0) is 14.3. The zero-order valence-corrected chi connectivity index (χ0v) is 11.4. The van der Waals surface area contributed by atoms with Crippen molar-refractivity contribution in [3.8, 4) is 0 Å². The Morgan fingerprint density at radius 1 is 1.30 bits per heavy atom. The van der Waals surface area contributed by atoms with E-state index in [9.17, 15) is 9.18 Å². The standard InChI is InChI=1S/C16H16FNO2/c1-16(2)9-10-5-6-11(17)8-13(10)14(20-16)12-4-3-7-18-15(12)19/h3-8,14H,9H2,1-2H3,(H,18,19). The summed E-state index contributed by atoms with van der Waals surface area (Å²) in [6, 6.07) is 8.16. The predicted molar refractivity (Wildman–Crippen MR) is 74.2 cm³/mol. The molecule has 0 spiro atoms. The molecule has 1 atom stereocenters. The van der Waals surface area contributed by atoms with Gasteiger partial charge in [0.25, 0.3) is 5.56 Å². The van der Waals surface area contributed by atoms with Gasteiger partial charge >= 0.3 is 0 Å². The number of ether oxygens (including phenoxy) is 1. The van der Waals surface area contributed by atoms with Crippen LogP contribution in [-0.4, -0.2) is 10.6 Å². The number of hydrogen-bond donors (Lipinski definition) is 1.